The molecular formula is C21H29Cl2N9O5S3. The van der Waals surface area contributed by atoms with Crippen LogP contribution in [0.2, 0.25) is 0 Å². The van der Waals surface area contributed by atoms with Crippen molar-refractivity contribution in [1.82, 2.24) is 40.3 Å². The van der Waals surface area contributed by atoms with Crippen molar-refractivity contribution in [3.05, 3.63) is 22.3 Å². The molecule has 4 heterocycles. The molecule has 0 saturated carbocycles. The monoisotopic (exact) mass is 653 g/mol. The van der Waals surface area contributed by atoms with Crippen LogP contribution in [0.15, 0.2) is 21.8 Å². The maximum atomic E-state index is 13.1. The number of amides is 2. The highest BCUT2D eigenvalue weighted by molar-refractivity contribution is 8.01. The van der Waals surface area contributed by atoms with Crippen LogP contribution in [0, 0.1) is 0 Å². The highest BCUT2D eigenvalue weighted by atomic mass is 35.5. The van der Waals surface area contributed by atoms with Gasteiger partial charge in [-0.15, -0.1) is 53.0 Å². The van der Waals surface area contributed by atoms with E-state index in [4.69, 9.17) is 10.5 Å². The molecule has 0 aliphatic carbocycles. The van der Waals surface area contributed by atoms with Gasteiger partial charge < -0.3 is 20.7 Å². The third-order valence-corrected chi connectivity index (χ3v) is 8.61. The average Bonchev–Trinajstić information content (AvgIpc) is 3.50. The van der Waals surface area contributed by atoms with Gasteiger partial charge in [-0.3, -0.25) is 19.3 Å². The Morgan fingerprint density at radius 3 is 2.70 bits per heavy atom. The molecule has 19 heteroatoms. The number of thioether (sulfide) groups is 2. The summed E-state index contributed by atoms with van der Waals surface area (Å²) in [6.45, 7) is 2.24. The maximum Gasteiger partial charge on any atom is 0.355 e. The van der Waals surface area contributed by atoms with Gasteiger partial charge in [-0.2, -0.15) is 0 Å². The van der Waals surface area contributed by atoms with E-state index in [0.29, 0.717) is 39.6 Å². The zero-order valence-corrected chi connectivity index (χ0v) is 25.8. The third-order valence-electron chi connectivity index (χ3n) is 5.51. The van der Waals surface area contributed by atoms with E-state index in [1.165, 1.54) is 46.7 Å². The van der Waals surface area contributed by atoms with Crippen LogP contribution in [0.5, 0.6) is 0 Å². The first-order chi connectivity index (χ1) is 18.1. The summed E-state index contributed by atoms with van der Waals surface area (Å²) in [5.41, 5.74) is 6.89. The van der Waals surface area contributed by atoms with Crippen LogP contribution in [0.3, 0.4) is 0 Å². The molecule has 2 aliphatic rings. The maximum absolute atomic E-state index is 13.1. The van der Waals surface area contributed by atoms with Crippen molar-refractivity contribution in [1.29, 1.82) is 0 Å². The van der Waals surface area contributed by atoms with Gasteiger partial charge in [0.1, 0.15) is 23.7 Å². The number of ketones is 1. The number of rotatable bonds is 12. The van der Waals surface area contributed by atoms with Gasteiger partial charge in [0, 0.05) is 23.4 Å². The largest absolute Gasteiger partial charge is 0.453 e. The molecule has 220 valence electrons. The molecule has 2 atom stereocenters. The van der Waals surface area contributed by atoms with Gasteiger partial charge in [-0.1, -0.05) is 11.8 Å². The number of nitrogens with one attached hydrogen (secondary N) is 1. The second-order valence-corrected chi connectivity index (χ2v) is 11.8. The number of hydrogen-bond donors (Lipinski definition) is 2. The molecule has 40 heavy (non-hydrogen) atoms. The molecule has 4 rings (SSSR count). The number of thiazole rings is 1. The number of aromatic nitrogens is 5. The molecule has 0 unspecified atom stereocenters. The van der Waals surface area contributed by atoms with Gasteiger partial charge in [-0.25, -0.2) is 14.5 Å². The summed E-state index contributed by atoms with van der Waals surface area (Å²) < 4.78 is 6.86. The zero-order chi connectivity index (χ0) is 27.4. The number of Topliss-reactive ketones (excluding diaryl/α,β-unsaturated/α-hetero) is 1. The number of hydrogen-bond acceptors (Lipinski definition) is 14. The number of fused-ring (bicyclic) bond motifs is 1. The number of carbonyl (C=O) groups excluding carboxylic acids is 4. The Labute approximate surface area is 255 Å². The lowest BCUT2D eigenvalue weighted by Crippen LogP contribution is -2.70. The highest BCUT2D eigenvalue weighted by Gasteiger charge is 2.54. The number of nitrogens with zero attached hydrogens (tertiary/aromatic N) is 7. The van der Waals surface area contributed by atoms with Crippen LogP contribution in [0.25, 0.3) is 0 Å². The second-order valence-electron chi connectivity index (χ2n) is 8.82. The van der Waals surface area contributed by atoms with Crippen molar-refractivity contribution < 1.29 is 23.9 Å². The van der Waals surface area contributed by atoms with E-state index in [1.807, 2.05) is 19.0 Å². The molecule has 2 aromatic heterocycles. The first kappa shape index (κ1) is 33.8. The minimum atomic E-state index is -0.799. The number of likely N-dealkylation sites (N-methyl/N-ethyl adjacent to an activating group) is 1. The summed E-state index contributed by atoms with van der Waals surface area (Å²) in [4.78, 5) is 57.5. The summed E-state index contributed by atoms with van der Waals surface area (Å²) in [6, 6.07) is -0.799. The Morgan fingerprint density at radius 2 is 2.05 bits per heavy atom. The number of anilines is 1. The molecule has 3 N–H and O–H groups in total. The van der Waals surface area contributed by atoms with E-state index in [2.05, 4.69) is 25.8 Å². The molecule has 0 bridgehead atoms. The van der Waals surface area contributed by atoms with E-state index in [0.717, 1.165) is 6.54 Å². The summed E-state index contributed by atoms with van der Waals surface area (Å²) in [5.74, 6) is -1.13. The first-order valence-corrected chi connectivity index (χ1v) is 14.4. The fourth-order valence-corrected chi connectivity index (χ4v) is 6.65. The lowest BCUT2D eigenvalue weighted by atomic mass is 10.0. The van der Waals surface area contributed by atoms with Crippen LogP contribution in [0.4, 0.5) is 5.13 Å². The third kappa shape index (κ3) is 8.07. The molecule has 2 amide bonds. The number of esters is 1. The molecule has 14 nitrogen and oxygen atoms in total. The predicted octanol–water partition coefficient (Wildman–Crippen LogP) is 0.238. The first-order valence-electron chi connectivity index (χ1n) is 11.5. The Hall–Kier alpha value is -2.44. The zero-order valence-electron chi connectivity index (χ0n) is 21.8. The fraction of sp³-hybridized carbons (Fsp3) is 0.524. The molecular weight excluding hydrogens is 625 g/mol. The van der Waals surface area contributed by atoms with Gasteiger partial charge in [0.2, 0.25) is 11.1 Å². The van der Waals surface area contributed by atoms with Crippen molar-refractivity contribution >= 4 is 88.4 Å². The SMILES string of the molecule is CC(=O)COC(=O)C1=C(CSc2nnnn2CCN(C)C)CS[C@H]2[C@@H](NC(=O)Cc3csc(N)n3)C(=O)N12.Cl.Cl. The van der Waals surface area contributed by atoms with Gasteiger partial charge in [0.05, 0.1) is 18.7 Å². The standard InChI is InChI=1S/C21H27N9O5S3.2ClH/c1-11(31)7-35-19(34)16-12(9-38-21-25-26-27-29(21)5-4-28(2)3)8-36-18-15(17(33)30(16)18)24-14(32)6-13-10-37-20(22)23-13;;/h10,15,18H,4-9H2,1-3H3,(H2,22,23)(H,24,32);2*1H/t15-,18-;;/m0../s1. The molecule has 0 radical (unpaired) electrons. The molecule has 0 aromatic carbocycles. The van der Waals surface area contributed by atoms with Crippen molar-refractivity contribution in [2.45, 2.75) is 36.5 Å². The second kappa shape index (κ2) is 15.0. The molecule has 1 saturated heterocycles. The smallest absolute Gasteiger partial charge is 0.355 e. The van der Waals surface area contributed by atoms with Crippen molar-refractivity contribution in [3.8, 4) is 0 Å². The molecule has 2 aliphatic heterocycles. The summed E-state index contributed by atoms with van der Waals surface area (Å²) in [7, 11) is 3.90. The predicted molar refractivity (Wildman–Crippen MR) is 156 cm³/mol. The van der Waals surface area contributed by atoms with E-state index in [-0.39, 0.29) is 48.6 Å². The summed E-state index contributed by atoms with van der Waals surface area (Å²) in [5, 5.41) is 16.7. The van der Waals surface area contributed by atoms with E-state index >= 15 is 0 Å². The van der Waals surface area contributed by atoms with Crippen LogP contribution >= 0.6 is 59.7 Å². The van der Waals surface area contributed by atoms with Gasteiger partial charge in [0.25, 0.3) is 5.91 Å². The topological polar surface area (TPSA) is 179 Å². The lowest BCUT2D eigenvalue weighted by Gasteiger charge is -2.49. The highest BCUT2D eigenvalue weighted by Crippen LogP contribution is 2.41. The van der Waals surface area contributed by atoms with E-state index in [9.17, 15) is 19.2 Å². The van der Waals surface area contributed by atoms with Crippen LogP contribution < -0.4 is 11.1 Å². The number of carbonyl (C=O) groups is 4. The van der Waals surface area contributed by atoms with Gasteiger partial charge >= 0.3 is 5.97 Å². The van der Waals surface area contributed by atoms with Gasteiger partial charge in [-0.05, 0) is 37.0 Å². The fourth-order valence-electron chi connectivity index (χ4n) is 3.70. The Balaban J connectivity index is 0.00000280. The Morgan fingerprint density at radius 1 is 1.30 bits per heavy atom. The van der Waals surface area contributed by atoms with E-state index < -0.39 is 29.9 Å². The van der Waals surface area contributed by atoms with Crippen molar-refractivity contribution in [2.24, 2.45) is 0 Å². The average molecular weight is 655 g/mol. The minimum absolute atomic E-state index is 0. The van der Waals surface area contributed by atoms with Gasteiger partial charge in [0.15, 0.2) is 10.9 Å². The van der Waals surface area contributed by atoms with Crippen LogP contribution in [-0.4, -0.2) is 109 Å². The number of nitrogen functional groups attached to an aromatic ring is 1. The number of nitrogens with two attached hydrogens (primary N) is 1. The number of ether oxygens (including phenoxy) is 1. The summed E-state index contributed by atoms with van der Waals surface area (Å²) in [6.07, 6.45) is -0.0113. The molecule has 0 spiro atoms. The molecule has 1 fully saturated rings. The number of β-lactam (4-membered cyclic amide) rings is 1. The Bertz CT molecular complexity index is 1270. The quantitative estimate of drug-likeness (QED) is 0.181. The van der Waals surface area contributed by atoms with Crippen molar-refractivity contribution in [3.63, 3.8) is 0 Å². The molecule has 2 aromatic rings. The van der Waals surface area contributed by atoms with E-state index in [1.54, 1.807) is 10.1 Å². The Kier molecular flexibility index (Phi) is 12.6. The normalized spacial score (nSPS) is 17.9. The van der Waals surface area contributed by atoms with Crippen molar-refractivity contribution in [2.75, 3.05) is 44.5 Å². The lowest BCUT2D eigenvalue weighted by molar-refractivity contribution is -0.154. The summed E-state index contributed by atoms with van der Waals surface area (Å²) >= 11 is 4.00. The minimum Gasteiger partial charge on any atom is -0.453 e. The number of tetrazole rings is 1. The van der Waals surface area contributed by atoms with Crippen LogP contribution in [-0.2, 0) is 36.9 Å². The van der Waals surface area contributed by atoms with Crippen LogP contribution in [0.1, 0.15) is 12.6 Å². The number of halogens is 2.